The molecular formula is C15H18N2O2. The van der Waals surface area contributed by atoms with Gasteiger partial charge in [-0.1, -0.05) is 19.1 Å². The SMILES string of the molecule is CC(CNC1CC1)CN1C(=O)c2ccccc2C1=O. The maximum absolute atomic E-state index is 12.2. The van der Waals surface area contributed by atoms with Crippen LogP contribution in [0.4, 0.5) is 0 Å². The van der Waals surface area contributed by atoms with Crippen molar-refractivity contribution in [3.8, 4) is 0 Å². The number of benzene rings is 1. The average Bonchev–Trinajstić information content (AvgIpc) is 3.22. The van der Waals surface area contributed by atoms with Crippen LogP contribution in [-0.4, -0.2) is 35.8 Å². The molecule has 1 aromatic carbocycles. The molecule has 0 radical (unpaired) electrons. The van der Waals surface area contributed by atoms with Crippen molar-refractivity contribution in [2.75, 3.05) is 13.1 Å². The molecule has 4 heteroatoms. The molecule has 1 aromatic rings. The number of carbonyl (C=O) groups excluding carboxylic acids is 2. The molecule has 2 amide bonds. The highest BCUT2D eigenvalue weighted by atomic mass is 16.2. The molecule has 1 aliphatic heterocycles. The zero-order valence-electron chi connectivity index (χ0n) is 11.1. The van der Waals surface area contributed by atoms with Crippen molar-refractivity contribution in [2.24, 2.45) is 5.92 Å². The quantitative estimate of drug-likeness (QED) is 0.817. The van der Waals surface area contributed by atoms with Crippen LogP contribution in [0, 0.1) is 5.92 Å². The van der Waals surface area contributed by atoms with Crippen molar-refractivity contribution in [3.63, 3.8) is 0 Å². The van der Waals surface area contributed by atoms with Gasteiger partial charge in [-0.2, -0.15) is 0 Å². The van der Waals surface area contributed by atoms with Crippen LogP contribution in [0.2, 0.25) is 0 Å². The highest BCUT2D eigenvalue weighted by Crippen LogP contribution is 2.23. The van der Waals surface area contributed by atoms with Crippen LogP contribution in [0.1, 0.15) is 40.5 Å². The van der Waals surface area contributed by atoms with Crippen LogP contribution in [0.5, 0.6) is 0 Å². The summed E-state index contributed by atoms with van der Waals surface area (Å²) in [7, 11) is 0. The second-order valence-corrected chi connectivity index (χ2v) is 5.55. The minimum absolute atomic E-state index is 0.154. The van der Waals surface area contributed by atoms with E-state index in [0.29, 0.717) is 23.7 Å². The Morgan fingerprint density at radius 3 is 2.32 bits per heavy atom. The third kappa shape index (κ3) is 2.40. The molecule has 19 heavy (non-hydrogen) atoms. The summed E-state index contributed by atoms with van der Waals surface area (Å²) in [6.07, 6.45) is 2.50. The Kier molecular flexibility index (Phi) is 3.11. The zero-order valence-corrected chi connectivity index (χ0v) is 11.1. The van der Waals surface area contributed by atoms with E-state index in [-0.39, 0.29) is 17.7 Å². The van der Waals surface area contributed by atoms with E-state index in [1.807, 2.05) is 0 Å². The molecule has 0 spiro atoms. The van der Waals surface area contributed by atoms with E-state index in [1.165, 1.54) is 17.7 Å². The summed E-state index contributed by atoms with van der Waals surface area (Å²) >= 11 is 0. The molecule has 0 aromatic heterocycles. The van der Waals surface area contributed by atoms with Gasteiger partial charge in [0.25, 0.3) is 11.8 Å². The van der Waals surface area contributed by atoms with Crippen molar-refractivity contribution in [3.05, 3.63) is 35.4 Å². The molecule has 4 nitrogen and oxygen atoms in total. The topological polar surface area (TPSA) is 49.4 Å². The Hall–Kier alpha value is -1.68. The van der Waals surface area contributed by atoms with Gasteiger partial charge in [-0.25, -0.2) is 0 Å². The minimum Gasteiger partial charge on any atom is -0.314 e. The molecule has 0 saturated heterocycles. The van der Waals surface area contributed by atoms with Gasteiger partial charge in [-0.05, 0) is 37.4 Å². The molecule has 1 N–H and O–H groups in total. The summed E-state index contributed by atoms with van der Waals surface area (Å²) in [6.45, 7) is 3.42. The predicted octanol–water partition coefficient (Wildman–Crippen LogP) is 1.67. The molecular weight excluding hydrogens is 240 g/mol. The zero-order chi connectivity index (χ0) is 13.4. The number of rotatable bonds is 5. The van der Waals surface area contributed by atoms with Crippen LogP contribution in [0.3, 0.4) is 0 Å². The lowest BCUT2D eigenvalue weighted by atomic mass is 10.1. The smallest absolute Gasteiger partial charge is 0.261 e. The number of fused-ring (bicyclic) bond motifs is 1. The molecule has 0 bridgehead atoms. The van der Waals surface area contributed by atoms with Crippen molar-refractivity contribution < 1.29 is 9.59 Å². The lowest BCUT2D eigenvalue weighted by molar-refractivity contribution is 0.0632. The molecule has 1 fully saturated rings. The number of amides is 2. The van der Waals surface area contributed by atoms with Crippen molar-refractivity contribution >= 4 is 11.8 Å². The van der Waals surface area contributed by atoms with Crippen LogP contribution >= 0.6 is 0 Å². The molecule has 1 unspecified atom stereocenters. The third-order valence-corrected chi connectivity index (χ3v) is 3.70. The maximum Gasteiger partial charge on any atom is 0.261 e. The summed E-state index contributed by atoms with van der Waals surface area (Å²) in [5, 5.41) is 3.43. The predicted molar refractivity (Wildman–Crippen MR) is 72.0 cm³/mol. The highest BCUT2D eigenvalue weighted by Gasteiger charge is 2.35. The van der Waals surface area contributed by atoms with Gasteiger partial charge < -0.3 is 5.32 Å². The summed E-state index contributed by atoms with van der Waals surface area (Å²) in [6, 6.07) is 7.70. The largest absolute Gasteiger partial charge is 0.314 e. The third-order valence-electron chi connectivity index (χ3n) is 3.70. The van der Waals surface area contributed by atoms with Crippen molar-refractivity contribution in [2.45, 2.75) is 25.8 Å². The number of imide groups is 1. The van der Waals surface area contributed by atoms with E-state index in [2.05, 4.69) is 12.2 Å². The lowest BCUT2D eigenvalue weighted by Crippen LogP contribution is -2.37. The van der Waals surface area contributed by atoms with Crippen LogP contribution < -0.4 is 5.32 Å². The molecule has 3 rings (SSSR count). The summed E-state index contributed by atoms with van der Waals surface area (Å²) in [4.78, 5) is 25.7. The van der Waals surface area contributed by atoms with Gasteiger partial charge in [0, 0.05) is 12.6 Å². The first-order valence-corrected chi connectivity index (χ1v) is 6.85. The maximum atomic E-state index is 12.2. The number of hydrogen-bond donors (Lipinski definition) is 1. The summed E-state index contributed by atoms with van der Waals surface area (Å²) in [5.41, 5.74) is 1.07. The highest BCUT2D eigenvalue weighted by molar-refractivity contribution is 6.21. The van der Waals surface area contributed by atoms with E-state index in [4.69, 9.17) is 0 Å². The Morgan fingerprint density at radius 1 is 1.21 bits per heavy atom. The van der Waals surface area contributed by atoms with Gasteiger partial charge in [-0.3, -0.25) is 14.5 Å². The van der Waals surface area contributed by atoms with Crippen LogP contribution in [0.25, 0.3) is 0 Å². The van der Waals surface area contributed by atoms with E-state index < -0.39 is 0 Å². The van der Waals surface area contributed by atoms with Gasteiger partial charge in [0.1, 0.15) is 0 Å². The Labute approximate surface area is 112 Å². The van der Waals surface area contributed by atoms with Gasteiger partial charge >= 0.3 is 0 Å². The van der Waals surface area contributed by atoms with E-state index in [9.17, 15) is 9.59 Å². The summed E-state index contributed by atoms with van der Waals surface area (Å²) < 4.78 is 0. The monoisotopic (exact) mass is 258 g/mol. The number of carbonyl (C=O) groups is 2. The first-order chi connectivity index (χ1) is 9.16. The van der Waals surface area contributed by atoms with Crippen molar-refractivity contribution in [1.82, 2.24) is 10.2 Å². The van der Waals surface area contributed by atoms with Gasteiger partial charge in [0.2, 0.25) is 0 Å². The van der Waals surface area contributed by atoms with Crippen LogP contribution in [-0.2, 0) is 0 Å². The Bertz CT molecular complexity index is 488. The van der Waals surface area contributed by atoms with E-state index in [1.54, 1.807) is 24.3 Å². The standard InChI is InChI=1S/C15H18N2O2/c1-10(8-16-11-6-7-11)9-17-14(18)12-4-2-3-5-13(12)15(17)19/h2-5,10-11,16H,6-9H2,1H3. The first kappa shape index (κ1) is 12.4. The molecule has 1 saturated carbocycles. The van der Waals surface area contributed by atoms with E-state index in [0.717, 1.165) is 6.54 Å². The number of nitrogens with zero attached hydrogens (tertiary/aromatic N) is 1. The average molecular weight is 258 g/mol. The van der Waals surface area contributed by atoms with Crippen LogP contribution in [0.15, 0.2) is 24.3 Å². The fraction of sp³-hybridized carbons (Fsp3) is 0.467. The second-order valence-electron chi connectivity index (χ2n) is 5.55. The van der Waals surface area contributed by atoms with Gasteiger partial charge in [0.15, 0.2) is 0 Å². The Balaban J connectivity index is 1.65. The number of nitrogens with one attached hydrogen (secondary N) is 1. The van der Waals surface area contributed by atoms with E-state index >= 15 is 0 Å². The molecule has 1 atom stereocenters. The van der Waals surface area contributed by atoms with Crippen molar-refractivity contribution in [1.29, 1.82) is 0 Å². The molecule has 1 aliphatic carbocycles. The molecule has 1 heterocycles. The fourth-order valence-corrected chi connectivity index (χ4v) is 2.44. The second kappa shape index (κ2) is 4.78. The Morgan fingerprint density at radius 2 is 1.79 bits per heavy atom. The number of hydrogen-bond acceptors (Lipinski definition) is 3. The lowest BCUT2D eigenvalue weighted by Gasteiger charge is -2.19. The minimum atomic E-state index is -0.154. The van der Waals surface area contributed by atoms with Gasteiger partial charge in [-0.15, -0.1) is 0 Å². The molecule has 2 aliphatic rings. The normalized spacial score (nSPS) is 19.7. The first-order valence-electron chi connectivity index (χ1n) is 6.85. The molecule has 100 valence electrons. The van der Waals surface area contributed by atoms with Gasteiger partial charge in [0.05, 0.1) is 11.1 Å². The fourth-order valence-electron chi connectivity index (χ4n) is 2.44. The summed E-state index contributed by atoms with van der Waals surface area (Å²) in [5.74, 6) is -0.0273.